The summed E-state index contributed by atoms with van der Waals surface area (Å²) < 4.78 is 10.6. The number of amides is 1. The number of rotatable bonds is 4. The Labute approximate surface area is 139 Å². The first kappa shape index (κ1) is 14.8. The summed E-state index contributed by atoms with van der Waals surface area (Å²) in [5, 5.41) is 15.4. The van der Waals surface area contributed by atoms with E-state index in [0.717, 1.165) is 12.8 Å². The molecule has 1 aromatic heterocycles. The fraction of sp³-hybridized carbons (Fsp3) is 0.333. The van der Waals surface area contributed by atoms with E-state index in [1.807, 2.05) is 6.07 Å². The fourth-order valence-corrected chi connectivity index (χ4v) is 3.45. The molecule has 2 aromatic rings. The molecule has 6 heteroatoms. The van der Waals surface area contributed by atoms with Crippen LogP contribution in [0.1, 0.15) is 35.2 Å². The molecule has 0 radical (unpaired) electrons. The van der Waals surface area contributed by atoms with E-state index < -0.39 is 0 Å². The van der Waals surface area contributed by atoms with Crippen LogP contribution >= 0.6 is 0 Å². The first-order valence-electron chi connectivity index (χ1n) is 8.05. The van der Waals surface area contributed by atoms with Crippen LogP contribution in [0.25, 0.3) is 0 Å². The number of hydrogen-bond donors (Lipinski definition) is 2. The van der Waals surface area contributed by atoms with Crippen molar-refractivity contribution in [2.75, 3.05) is 0 Å². The van der Waals surface area contributed by atoms with Crippen LogP contribution in [0, 0.1) is 11.3 Å². The van der Waals surface area contributed by atoms with Gasteiger partial charge in [0, 0.05) is 29.8 Å². The average molecular weight is 323 g/mol. The summed E-state index contributed by atoms with van der Waals surface area (Å²) in [6.45, 7) is 0. The Hall–Kier alpha value is -2.78. The van der Waals surface area contributed by atoms with Gasteiger partial charge in [0.15, 0.2) is 0 Å². The molecule has 2 bridgehead atoms. The molecule has 2 fully saturated rings. The predicted molar refractivity (Wildman–Crippen MR) is 85.8 cm³/mol. The number of nitrogens with zero attached hydrogens (tertiary/aromatic N) is 1. The Morgan fingerprint density at radius 3 is 2.79 bits per heavy atom. The number of nitriles is 1. The Morgan fingerprint density at radius 1 is 1.33 bits per heavy atom. The van der Waals surface area contributed by atoms with Gasteiger partial charge < -0.3 is 19.8 Å². The van der Waals surface area contributed by atoms with Gasteiger partial charge in [-0.25, -0.2) is 0 Å². The quantitative estimate of drug-likeness (QED) is 0.903. The summed E-state index contributed by atoms with van der Waals surface area (Å²) in [5.74, 6) is 0.731. The van der Waals surface area contributed by atoms with Crippen molar-refractivity contribution >= 4 is 5.91 Å². The molecule has 3 heterocycles. The second-order valence-electron chi connectivity index (χ2n) is 6.26. The Bertz CT molecular complexity index is 791. The highest BCUT2D eigenvalue weighted by atomic mass is 16.6. The second kappa shape index (κ2) is 6.02. The Morgan fingerprint density at radius 2 is 2.17 bits per heavy atom. The number of carbonyl (C=O) groups is 1. The Kier molecular flexibility index (Phi) is 3.71. The van der Waals surface area contributed by atoms with Crippen molar-refractivity contribution in [3.63, 3.8) is 0 Å². The van der Waals surface area contributed by atoms with Gasteiger partial charge in [0.1, 0.15) is 18.1 Å². The van der Waals surface area contributed by atoms with Gasteiger partial charge in [-0.1, -0.05) is 0 Å². The number of ether oxygens (including phenoxy) is 1. The molecule has 2 N–H and O–H groups in total. The lowest BCUT2D eigenvalue weighted by Crippen LogP contribution is -2.42. The summed E-state index contributed by atoms with van der Waals surface area (Å²) >= 11 is 0. The lowest BCUT2D eigenvalue weighted by atomic mass is 9.95. The minimum atomic E-state index is -0.0642. The van der Waals surface area contributed by atoms with Crippen molar-refractivity contribution in [1.29, 1.82) is 5.26 Å². The Balaban J connectivity index is 1.38. The van der Waals surface area contributed by atoms with Crippen molar-refractivity contribution in [3.8, 4) is 17.8 Å². The molecule has 6 nitrogen and oxygen atoms in total. The molecule has 2 saturated heterocycles. The van der Waals surface area contributed by atoms with Gasteiger partial charge in [-0.05, 0) is 43.5 Å². The van der Waals surface area contributed by atoms with Crippen molar-refractivity contribution in [2.24, 2.45) is 0 Å². The molecule has 2 aliphatic rings. The SMILES string of the molecule is N#Cc1coc(Oc2ccc(C(=O)N[C@@H]3C[C@H]4CC[C@@H]3N4)cc2)c1. The van der Waals surface area contributed by atoms with Gasteiger partial charge in [-0.2, -0.15) is 5.26 Å². The number of hydrogen-bond acceptors (Lipinski definition) is 5. The molecule has 2 aliphatic heterocycles. The minimum absolute atomic E-state index is 0.0642. The normalized spacial score (nSPS) is 24.5. The van der Waals surface area contributed by atoms with Gasteiger partial charge in [0.25, 0.3) is 11.9 Å². The molecule has 0 aliphatic carbocycles. The highest BCUT2D eigenvalue weighted by Gasteiger charge is 2.39. The molecule has 1 aromatic carbocycles. The van der Waals surface area contributed by atoms with E-state index in [9.17, 15) is 4.79 Å². The number of fused-ring (bicyclic) bond motifs is 2. The smallest absolute Gasteiger partial charge is 0.291 e. The summed E-state index contributed by atoms with van der Waals surface area (Å²) in [5.41, 5.74) is 1.00. The molecule has 0 saturated carbocycles. The van der Waals surface area contributed by atoms with Crippen molar-refractivity contribution in [2.45, 2.75) is 37.4 Å². The zero-order valence-electron chi connectivity index (χ0n) is 13.0. The average Bonchev–Trinajstić information content (AvgIpc) is 3.32. The third-order valence-electron chi connectivity index (χ3n) is 4.66. The lowest BCUT2D eigenvalue weighted by molar-refractivity contribution is 0.0931. The van der Waals surface area contributed by atoms with E-state index in [4.69, 9.17) is 14.4 Å². The number of nitrogens with one attached hydrogen (secondary N) is 2. The van der Waals surface area contributed by atoms with Crippen molar-refractivity contribution in [1.82, 2.24) is 10.6 Å². The van der Waals surface area contributed by atoms with Crippen LogP contribution in [0.2, 0.25) is 0 Å². The van der Waals surface area contributed by atoms with Crippen LogP contribution in [-0.4, -0.2) is 24.0 Å². The van der Waals surface area contributed by atoms with E-state index in [-0.39, 0.29) is 17.9 Å². The molecular formula is C18H17N3O3. The van der Waals surface area contributed by atoms with Crippen LogP contribution in [0.3, 0.4) is 0 Å². The molecule has 24 heavy (non-hydrogen) atoms. The molecule has 3 atom stereocenters. The summed E-state index contributed by atoms with van der Waals surface area (Å²) in [6, 6.07) is 11.5. The fourth-order valence-electron chi connectivity index (χ4n) is 3.45. The molecule has 1 amide bonds. The highest BCUT2D eigenvalue weighted by Crippen LogP contribution is 2.28. The van der Waals surface area contributed by atoms with E-state index in [2.05, 4.69) is 10.6 Å². The number of carbonyl (C=O) groups excluding carboxylic acids is 1. The number of benzene rings is 1. The lowest BCUT2D eigenvalue weighted by Gasteiger charge is -2.21. The maximum Gasteiger partial charge on any atom is 0.291 e. The van der Waals surface area contributed by atoms with E-state index in [0.29, 0.717) is 29.0 Å². The van der Waals surface area contributed by atoms with Crippen LogP contribution in [-0.2, 0) is 0 Å². The highest BCUT2D eigenvalue weighted by molar-refractivity contribution is 5.94. The zero-order chi connectivity index (χ0) is 16.5. The molecular weight excluding hydrogens is 306 g/mol. The maximum absolute atomic E-state index is 12.4. The molecule has 0 unspecified atom stereocenters. The minimum Gasteiger partial charge on any atom is -0.433 e. The van der Waals surface area contributed by atoms with Crippen LogP contribution in [0.4, 0.5) is 0 Å². The van der Waals surface area contributed by atoms with Gasteiger partial charge in [-0.15, -0.1) is 0 Å². The van der Waals surface area contributed by atoms with Gasteiger partial charge in [-0.3, -0.25) is 4.79 Å². The largest absolute Gasteiger partial charge is 0.433 e. The molecule has 0 spiro atoms. The van der Waals surface area contributed by atoms with Crippen molar-refractivity contribution in [3.05, 3.63) is 47.7 Å². The van der Waals surface area contributed by atoms with E-state index in [1.165, 1.54) is 18.8 Å². The summed E-state index contributed by atoms with van der Waals surface area (Å²) in [7, 11) is 0. The first-order chi connectivity index (χ1) is 11.7. The van der Waals surface area contributed by atoms with Crippen LogP contribution in [0.15, 0.2) is 41.0 Å². The first-order valence-corrected chi connectivity index (χ1v) is 8.05. The summed E-state index contributed by atoms with van der Waals surface area (Å²) in [4.78, 5) is 12.4. The predicted octanol–water partition coefficient (Wildman–Crippen LogP) is 2.57. The number of furan rings is 1. The molecule has 122 valence electrons. The zero-order valence-corrected chi connectivity index (χ0v) is 13.0. The molecule has 4 rings (SSSR count). The topological polar surface area (TPSA) is 87.3 Å². The van der Waals surface area contributed by atoms with E-state index >= 15 is 0 Å². The maximum atomic E-state index is 12.4. The van der Waals surface area contributed by atoms with Gasteiger partial charge in [0.2, 0.25) is 0 Å². The third kappa shape index (κ3) is 2.86. The summed E-state index contributed by atoms with van der Waals surface area (Å²) in [6.07, 6.45) is 4.69. The van der Waals surface area contributed by atoms with Crippen molar-refractivity contribution < 1.29 is 13.9 Å². The standard InChI is InChI=1S/C18H17N3O3/c19-9-11-7-17(23-10-11)24-14-4-1-12(2-5-14)18(22)21-16-8-13-3-6-15(16)20-13/h1-2,4-5,7,10,13,15-16,20H,3,6,8H2,(H,21,22)/t13-,15+,16-/m1/s1. The second-order valence-corrected chi connectivity index (χ2v) is 6.26. The third-order valence-corrected chi connectivity index (χ3v) is 4.66. The van der Waals surface area contributed by atoms with Gasteiger partial charge >= 0.3 is 0 Å². The van der Waals surface area contributed by atoms with Crippen LogP contribution in [0.5, 0.6) is 11.7 Å². The van der Waals surface area contributed by atoms with Gasteiger partial charge in [0.05, 0.1) is 5.56 Å². The van der Waals surface area contributed by atoms with E-state index in [1.54, 1.807) is 24.3 Å². The van der Waals surface area contributed by atoms with Crippen LogP contribution < -0.4 is 15.4 Å². The monoisotopic (exact) mass is 323 g/mol.